The number of hydrogen-bond donors (Lipinski definition) is 3. The van der Waals surface area contributed by atoms with E-state index >= 15 is 0 Å². The molecule has 0 bridgehead atoms. The monoisotopic (exact) mass is 307 g/mol. The van der Waals surface area contributed by atoms with Gasteiger partial charge in [0.1, 0.15) is 5.65 Å². The van der Waals surface area contributed by atoms with E-state index in [9.17, 15) is 0 Å². The molecule has 0 unspecified atom stereocenters. The van der Waals surface area contributed by atoms with Crippen LogP contribution >= 0.6 is 0 Å². The second-order valence-corrected chi connectivity index (χ2v) is 5.11. The minimum Gasteiger partial charge on any atom is -0.370 e. The lowest BCUT2D eigenvalue weighted by molar-refractivity contribution is 1.16. The Morgan fingerprint density at radius 2 is 1.96 bits per heavy atom. The van der Waals surface area contributed by atoms with Crippen molar-refractivity contribution in [3.8, 4) is 11.3 Å². The lowest BCUT2D eigenvalue weighted by Gasteiger charge is -1.99. The first-order valence-electron chi connectivity index (χ1n) is 7.01. The van der Waals surface area contributed by atoms with Gasteiger partial charge in [-0.15, -0.1) is 0 Å². The minimum absolute atomic E-state index is 0.00740. The van der Waals surface area contributed by atoms with E-state index < -0.39 is 0 Å². The molecule has 6 N–H and O–H groups in total. The van der Waals surface area contributed by atoms with E-state index in [1.807, 2.05) is 60.1 Å². The molecule has 116 valence electrons. The molecule has 3 rings (SSSR count). The summed E-state index contributed by atoms with van der Waals surface area (Å²) in [6.07, 6.45) is 3.95. The van der Waals surface area contributed by atoms with E-state index in [2.05, 4.69) is 15.0 Å². The van der Waals surface area contributed by atoms with Gasteiger partial charge >= 0.3 is 0 Å². The molecule has 0 spiro atoms. The normalized spacial score (nSPS) is 11.6. The van der Waals surface area contributed by atoms with Crippen LogP contribution in [0.15, 0.2) is 58.8 Å². The van der Waals surface area contributed by atoms with Crippen LogP contribution < -0.4 is 17.2 Å². The highest BCUT2D eigenvalue weighted by atomic mass is 15.1. The van der Waals surface area contributed by atoms with Crippen molar-refractivity contribution in [2.24, 2.45) is 27.2 Å². The Balaban J connectivity index is 2.01. The first-order chi connectivity index (χ1) is 11.0. The molecule has 23 heavy (non-hydrogen) atoms. The van der Waals surface area contributed by atoms with Crippen LogP contribution in [-0.4, -0.2) is 21.3 Å². The van der Waals surface area contributed by atoms with Gasteiger partial charge in [-0.25, -0.2) is 9.98 Å². The third kappa shape index (κ3) is 3.13. The quantitative estimate of drug-likeness (QED) is 0.491. The summed E-state index contributed by atoms with van der Waals surface area (Å²) in [5.41, 5.74) is 20.7. The summed E-state index contributed by atoms with van der Waals surface area (Å²) in [4.78, 5) is 12.5. The molecular weight excluding hydrogens is 290 g/mol. The second kappa shape index (κ2) is 5.80. The fraction of sp³-hybridized carbons (Fsp3) is 0.0625. The summed E-state index contributed by atoms with van der Waals surface area (Å²) in [7, 11) is 0. The van der Waals surface area contributed by atoms with Crippen molar-refractivity contribution in [3.05, 3.63) is 54.4 Å². The van der Waals surface area contributed by atoms with Gasteiger partial charge in [0.25, 0.3) is 0 Å². The number of rotatable bonds is 2. The maximum Gasteiger partial charge on any atom is 0.223 e. The van der Waals surface area contributed by atoms with E-state index in [1.54, 1.807) is 0 Å². The summed E-state index contributed by atoms with van der Waals surface area (Å²) in [6, 6.07) is 11.6. The van der Waals surface area contributed by atoms with Gasteiger partial charge in [0.15, 0.2) is 5.96 Å². The number of benzene rings is 1. The van der Waals surface area contributed by atoms with Gasteiger partial charge in [0.2, 0.25) is 5.96 Å². The number of imidazole rings is 1. The molecule has 0 saturated carbocycles. The number of aromatic nitrogens is 2. The molecular formula is C16H17N7. The van der Waals surface area contributed by atoms with Gasteiger partial charge in [0.05, 0.1) is 11.4 Å². The first kappa shape index (κ1) is 14.6. The van der Waals surface area contributed by atoms with Crippen LogP contribution in [-0.2, 0) is 0 Å². The van der Waals surface area contributed by atoms with Crippen LogP contribution in [0.1, 0.15) is 5.56 Å². The average molecular weight is 307 g/mol. The third-order valence-corrected chi connectivity index (χ3v) is 3.31. The Hall–Kier alpha value is -3.35. The Kier molecular flexibility index (Phi) is 3.68. The number of fused-ring (bicyclic) bond motifs is 1. The van der Waals surface area contributed by atoms with Gasteiger partial charge in [-0.1, -0.05) is 18.2 Å². The van der Waals surface area contributed by atoms with E-state index in [0.717, 1.165) is 22.5 Å². The number of aliphatic imine (C=N–C) groups is 2. The largest absolute Gasteiger partial charge is 0.370 e. The van der Waals surface area contributed by atoms with Crippen LogP contribution in [0, 0.1) is 6.92 Å². The van der Waals surface area contributed by atoms with E-state index in [-0.39, 0.29) is 11.9 Å². The second-order valence-electron chi connectivity index (χ2n) is 5.11. The summed E-state index contributed by atoms with van der Waals surface area (Å²) in [5, 5.41) is 0. The summed E-state index contributed by atoms with van der Waals surface area (Å²) in [6.45, 7) is 2.03. The Morgan fingerprint density at radius 3 is 2.70 bits per heavy atom. The highest BCUT2D eigenvalue weighted by Gasteiger charge is 2.06. The highest BCUT2D eigenvalue weighted by molar-refractivity contribution is 5.93. The van der Waals surface area contributed by atoms with Crippen LogP contribution in [0.25, 0.3) is 16.9 Å². The van der Waals surface area contributed by atoms with Crippen molar-refractivity contribution in [1.82, 2.24) is 9.38 Å². The van der Waals surface area contributed by atoms with E-state index in [0.29, 0.717) is 5.69 Å². The van der Waals surface area contributed by atoms with Crippen molar-refractivity contribution in [1.29, 1.82) is 0 Å². The zero-order valence-electron chi connectivity index (χ0n) is 12.6. The number of pyridine rings is 1. The molecule has 0 radical (unpaired) electrons. The molecule has 0 amide bonds. The number of nitrogens with two attached hydrogens (primary N) is 3. The fourth-order valence-corrected chi connectivity index (χ4v) is 2.32. The van der Waals surface area contributed by atoms with Crippen molar-refractivity contribution in [3.63, 3.8) is 0 Å². The van der Waals surface area contributed by atoms with Gasteiger partial charge in [-0.05, 0) is 30.7 Å². The SMILES string of the molecule is Cc1cccn2cc(-c3cccc(N=C(N)N=C(N)N)c3)nc12. The molecule has 3 aromatic rings. The van der Waals surface area contributed by atoms with Crippen LogP contribution in [0.5, 0.6) is 0 Å². The maximum absolute atomic E-state index is 5.66. The first-order valence-corrected chi connectivity index (χ1v) is 7.01. The topological polar surface area (TPSA) is 120 Å². The predicted octanol–water partition coefficient (Wildman–Crippen LogP) is 1.53. The van der Waals surface area contributed by atoms with Crippen LogP contribution in [0.2, 0.25) is 0 Å². The van der Waals surface area contributed by atoms with Crippen molar-refractivity contribution in [2.45, 2.75) is 6.92 Å². The molecule has 2 heterocycles. The van der Waals surface area contributed by atoms with E-state index in [1.165, 1.54) is 0 Å². The highest BCUT2D eigenvalue weighted by Crippen LogP contribution is 2.24. The molecule has 0 fully saturated rings. The van der Waals surface area contributed by atoms with Gasteiger partial charge in [-0.3, -0.25) is 0 Å². The molecule has 0 aliphatic rings. The summed E-state index contributed by atoms with van der Waals surface area (Å²) >= 11 is 0. The maximum atomic E-state index is 5.66. The number of guanidine groups is 2. The average Bonchev–Trinajstić information content (AvgIpc) is 2.92. The lowest BCUT2D eigenvalue weighted by atomic mass is 10.1. The molecule has 7 nitrogen and oxygen atoms in total. The van der Waals surface area contributed by atoms with Gasteiger partial charge < -0.3 is 21.6 Å². The van der Waals surface area contributed by atoms with Crippen molar-refractivity contribution < 1.29 is 0 Å². The molecule has 0 saturated heterocycles. The molecule has 7 heteroatoms. The lowest BCUT2D eigenvalue weighted by Crippen LogP contribution is -2.26. The molecule has 0 aliphatic carbocycles. The molecule has 1 aromatic carbocycles. The zero-order chi connectivity index (χ0) is 16.4. The van der Waals surface area contributed by atoms with Gasteiger partial charge in [0, 0.05) is 18.0 Å². The Morgan fingerprint density at radius 1 is 1.13 bits per heavy atom. The zero-order valence-corrected chi connectivity index (χ0v) is 12.6. The molecule has 2 aromatic heterocycles. The third-order valence-electron chi connectivity index (χ3n) is 3.31. The van der Waals surface area contributed by atoms with Gasteiger partial charge in [-0.2, -0.15) is 4.99 Å². The minimum atomic E-state index is -0.127. The molecule has 0 aliphatic heterocycles. The van der Waals surface area contributed by atoms with Crippen LogP contribution in [0.4, 0.5) is 5.69 Å². The predicted molar refractivity (Wildman–Crippen MR) is 92.5 cm³/mol. The molecule has 0 atom stereocenters. The fourth-order valence-electron chi connectivity index (χ4n) is 2.32. The summed E-state index contributed by atoms with van der Waals surface area (Å²) < 4.78 is 1.99. The van der Waals surface area contributed by atoms with Crippen LogP contribution in [0.3, 0.4) is 0 Å². The van der Waals surface area contributed by atoms with Crippen molar-refractivity contribution in [2.75, 3.05) is 0 Å². The Bertz CT molecular complexity index is 917. The standard InChI is InChI=1S/C16H17N7/c1-10-4-3-7-23-9-13(21-14(10)23)11-5-2-6-12(8-11)20-16(19)22-15(17)18/h2-9H,1H3,(H6,17,18,19,20,22). The smallest absolute Gasteiger partial charge is 0.223 e. The number of hydrogen-bond acceptors (Lipinski definition) is 2. The number of aryl methyl sites for hydroxylation is 1. The van der Waals surface area contributed by atoms with E-state index in [4.69, 9.17) is 17.2 Å². The summed E-state index contributed by atoms with van der Waals surface area (Å²) in [5.74, 6) is -0.119. The van der Waals surface area contributed by atoms with Crippen molar-refractivity contribution >= 4 is 23.3 Å². The number of nitrogens with zero attached hydrogens (tertiary/aromatic N) is 4. The Labute approximate surface area is 133 Å².